The molecule has 2 aromatic heterocycles. The number of furan rings is 1. The quantitative estimate of drug-likeness (QED) is 0.676. The summed E-state index contributed by atoms with van der Waals surface area (Å²) in [5.41, 5.74) is 3.28. The van der Waals surface area contributed by atoms with E-state index in [9.17, 15) is 4.79 Å². The molecule has 142 valence electrons. The predicted molar refractivity (Wildman–Crippen MR) is 109 cm³/mol. The van der Waals surface area contributed by atoms with E-state index in [0.29, 0.717) is 24.2 Å². The van der Waals surface area contributed by atoms with Crippen molar-refractivity contribution in [1.82, 2.24) is 15.2 Å². The monoisotopic (exact) mass is 365 g/mol. The summed E-state index contributed by atoms with van der Waals surface area (Å²) >= 11 is 0. The zero-order chi connectivity index (χ0) is 19.4. The van der Waals surface area contributed by atoms with Gasteiger partial charge in [-0.05, 0) is 52.0 Å². The lowest BCUT2D eigenvalue weighted by Gasteiger charge is -2.30. The summed E-state index contributed by atoms with van der Waals surface area (Å²) in [6.07, 6.45) is 3.40. The molecule has 0 saturated carbocycles. The molecule has 1 aromatic carbocycles. The van der Waals surface area contributed by atoms with Gasteiger partial charge < -0.3 is 9.73 Å². The first-order chi connectivity index (χ1) is 13.0. The number of benzene rings is 1. The van der Waals surface area contributed by atoms with Gasteiger partial charge in [0, 0.05) is 47.9 Å². The Morgan fingerprint density at radius 2 is 1.78 bits per heavy atom. The van der Waals surface area contributed by atoms with Crippen molar-refractivity contribution in [2.24, 2.45) is 0 Å². The molecule has 2 heterocycles. The van der Waals surface area contributed by atoms with Crippen LogP contribution in [0.3, 0.4) is 0 Å². The third-order valence-corrected chi connectivity index (χ3v) is 4.78. The fraction of sp³-hybridized carbons (Fsp3) is 0.364. The normalized spacial score (nSPS) is 11.7. The smallest absolute Gasteiger partial charge is 0.251 e. The Bertz CT molecular complexity index is 889. The van der Waals surface area contributed by atoms with Gasteiger partial charge in [0.1, 0.15) is 5.58 Å². The van der Waals surface area contributed by atoms with Gasteiger partial charge in [-0.2, -0.15) is 0 Å². The maximum Gasteiger partial charge on any atom is 0.251 e. The number of aromatic nitrogens is 1. The van der Waals surface area contributed by atoms with E-state index in [2.05, 4.69) is 42.9 Å². The molecule has 0 radical (unpaired) electrons. The number of hydrogen-bond donors (Lipinski definition) is 1. The van der Waals surface area contributed by atoms with Crippen molar-refractivity contribution in [3.8, 4) is 11.3 Å². The first-order valence-electron chi connectivity index (χ1n) is 9.44. The minimum Gasteiger partial charge on any atom is -0.464 e. The van der Waals surface area contributed by atoms with Crippen molar-refractivity contribution < 1.29 is 9.21 Å². The lowest BCUT2D eigenvalue weighted by Crippen LogP contribution is -2.42. The van der Waals surface area contributed by atoms with E-state index in [1.807, 2.05) is 36.4 Å². The van der Waals surface area contributed by atoms with Crippen LogP contribution in [0.1, 0.15) is 38.1 Å². The molecule has 0 fully saturated rings. The van der Waals surface area contributed by atoms with Crippen molar-refractivity contribution in [3.63, 3.8) is 0 Å². The SMILES string of the molecule is CC(C)N(CCNC(=O)c1ccc(-c2nccc3occc23)cc1)C(C)C. The maximum atomic E-state index is 12.4. The second-order valence-electron chi connectivity index (χ2n) is 7.25. The first kappa shape index (κ1) is 19.1. The largest absolute Gasteiger partial charge is 0.464 e. The lowest BCUT2D eigenvalue weighted by molar-refractivity contribution is 0.0939. The van der Waals surface area contributed by atoms with Crippen molar-refractivity contribution in [2.75, 3.05) is 13.1 Å². The van der Waals surface area contributed by atoms with Crippen LogP contribution >= 0.6 is 0 Å². The molecule has 0 aliphatic heterocycles. The highest BCUT2D eigenvalue weighted by atomic mass is 16.3. The van der Waals surface area contributed by atoms with Crippen LogP contribution in [-0.4, -0.2) is 41.0 Å². The molecule has 0 bridgehead atoms. The van der Waals surface area contributed by atoms with Crippen LogP contribution in [0, 0.1) is 0 Å². The third kappa shape index (κ3) is 4.37. The number of rotatable bonds is 7. The van der Waals surface area contributed by atoms with Crippen LogP contribution < -0.4 is 5.32 Å². The number of amides is 1. The number of fused-ring (bicyclic) bond motifs is 1. The predicted octanol–water partition coefficient (Wildman–Crippen LogP) is 4.34. The second-order valence-corrected chi connectivity index (χ2v) is 7.25. The molecule has 27 heavy (non-hydrogen) atoms. The van der Waals surface area contributed by atoms with Crippen molar-refractivity contribution >= 4 is 16.9 Å². The summed E-state index contributed by atoms with van der Waals surface area (Å²) in [7, 11) is 0. The van der Waals surface area contributed by atoms with Gasteiger partial charge in [0.2, 0.25) is 0 Å². The zero-order valence-corrected chi connectivity index (χ0v) is 16.4. The van der Waals surface area contributed by atoms with Gasteiger partial charge in [0.05, 0.1) is 12.0 Å². The minimum atomic E-state index is -0.0523. The maximum absolute atomic E-state index is 12.4. The van der Waals surface area contributed by atoms with Crippen LogP contribution in [0.2, 0.25) is 0 Å². The molecule has 0 unspecified atom stereocenters. The Balaban J connectivity index is 1.65. The molecule has 1 amide bonds. The zero-order valence-electron chi connectivity index (χ0n) is 16.4. The minimum absolute atomic E-state index is 0.0523. The Morgan fingerprint density at radius 1 is 1.07 bits per heavy atom. The average Bonchev–Trinajstić information content (AvgIpc) is 3.13. The molecule has 0 aliphatic rings. The van der Waals surface area contributed by atoms with E-state index < -0.39 is 0 Å². The molecule has 0 atom stereocenters. The number of hydrogen-bond acceptors (Lipinski definition) is 4. The number of carbonyl (C=O) groups excluding carboxylic acids is 1. The number of nitrogens with one attached hydrogen (secondary N) is 1. The van der Waals surface area contributed by atoms with E-state index in [-0.39, 0.29) is 5.91 Å². The molecule has 3 aromatic rings. The molecular formula is C22H27N3O2. The van der Waals surface area contributed by atoms with Gasteiger partial charge in [-0.15, -0.1) is 0 Å². The highest BCUT2D eigenvalue weighted by Gasteiger charge is 2.14. The Labute approximate surface area is 160 Å². The molecular weight excluding hydrogens is 338 g/mol. The summed E-state index contributed by atoms with van der Waals surface area (Å²) in [4.78, 5) is 19.2. The van der Waals surface area contributed by atoms with Crippen molar-refractivity contribution in [2.45, 2.75) is 39.8 Å². The topological polar surface area (TPSA) is 58.4 Å². The molecule has 0 spiro atoms. The van der Waals surface area contributed by atoms with Crippen molar-refractivity contribution in [3.05, 3.63) is 54.4 Å². The summed E-state index contributed by atoms with van der Waals surface area (Å²) < 4.78 is 5.43. The second kappa shape index (κ2) is 8.35. The van der Waals surface area contributed by atoms with Crippen LogP contribution in [0.15, 0.2) is 53.3 Å². The van der Waals surface area contributed by atoms with Crippen LogP contribution in [0.4, 0.5) is 0 Å². The van der Waals surface area contributed by atoms with E-state index in [1.54, 1.807) is 12.5 Å². The van der Waals surface area contributed by atoms with E-state index in [1.165, 1.54) is 0 Å². The summed E-state index contributed by atoms with van der Waals surface area (Å²) in [5.74, 6) is -0.0523. The van der Waals surface area contributed by atoms with E-state index in [4.69, 9.17) is 4.42 Å². The summed E-state index contributed by atoms with van der Waals surface area (Å²) in [6.45, 7) is 10.2. The average molecular weight is 365 g/mol. The molecule has 5 heteroatoms. The van der Waals surface area contributed by atoms with Gasteiger partial charge in [0.15, 0.2) is 0 Å². The number of nitrogens with zero attached hydrogens (tertiary/aromatic N) is 2. The van der Waals surface area contributed by atoms with Gasteiger partial charge in [-0.3, -0.25) is 14.7 Å². The van der Waals surface area contributed by atoms with Gasteiger partial charge in [0.25, 0.3) is 5.91 Å². The number of carbonyl (C=O) groups is 1. The van der Waals surface area contributed by atoms with Crippen LogP contribution in [0.25, 0.3) is 22.2 Å². The van der Waals surface area contributed by atoms with Crippen molar-refractivity contribution in [1.29, 1.82) is 0 Å². The summed E-state index contributed by atoms with van der Waals surface area (Å²) in [5, 5.41) is 3.98. The van der Waals surface area contributed by atoms with Crippen LogP contribution in [0.5, 0.6) is 0 Å². The van der Waals surface area contributed by atoms with Crippen LogP contribution in [-0.2, 0) is 0 Å². The highest BCUT2D eigenvalue weighted by Crippen LogP contribution is 2.27. The fourth-order valence-electron chi connectivity index (χ4n) is 3.42. The fourth-order valence-corrected chi connectivity index (χ4v) is 3.42. The number of pyridine rings is 1. The van der Waals surface area contributed by atoms with Gasteiger partial charge in [-0.1, -0.05) is 12.1 Å². The Hall–Kier alpha value is -2.66. The Kier molecular flexibility index (Phi) is 5.91. The van der Waals surface area contributed by atoms with Gasteiger partial charge >= 0.3 is 0 Å². The van der Waals surface area contributed by atoms with E-state index >= 15 is 0 Å². The lowest BCUT2D eigenvalue weighted by atomic mass is 10.1. The summed E-state index contributed by atoms with van der Waals surface area (Å²) in [6, 6.07) is 12.2. The Morgan fingerprint density at radius 3 is 2.44 bits per heavy atom. The highest BCUT2D eigenvalue weighted by molar-refractivity contribution is 5.96. The van der Waals surface area contributed by atoms with E-state index in [0.717, 1.165) is 28.8 Å². The third-order valence-electron chi connectivity index (χ3n) is 4.78. The molecule has 3 rings (SSSR count). The molecule has 5 nitrogen and oxygen atoms in total. The first-order valence-corrected chi connectivity index (χ1v) is 9.44. The standard InChI is InChI=1S/C22H27N3O2/c1-15(2)25(16(3)4)13-12-24-22(26)18-7-5-17(6-8-18)21-19-10-14-27-20(19)9-11-23-21/h5-11,14-16H,12-13H2,1-4H3,(H,24,26). The molecule has 0 aliphatic carbocycles. The molecule has 1 N–H and O–H groups in total. The van der Waals surface area contributed by atoms with Gasteiger partial charge in [-0.25, -0.2) is 0 Å². The molecule has 0 saturated heterocycles.